The Kier molecular flexibility index (Phi) is 5.17. The van der Waals surface area contributed by atoms with E-state index in [1.807, 2.05) is 4.68 Å². The summed E-state index contributed by atoms with van der Waals surface area (Å²) in [4.78, 5) is 0. The van der Waals surface area contributed by atoms with Crippen molar-refractivity contribution in [1.29, 1.82) is 0 Å². The van der Waals surface area contributed by atoms with E-state index in [0.717, 1.165) is 25.1 Å². The number of hydrogen-bond acceptors (Lipinski definition) is 3. The van der Waals surface area contributed by atoms with E-state index in [1.165, 1.54) is 38.5 Å². The molecule has 0 aliphatic heterocycles. The van der Waals surface area contributed by atoms with E-state index in [1.54, 1.807) is 6.20 Å². The van der Waals surface area contributed by atoms with Gasteiger partial charge < -0.3 is 5.11 Å². The van der Waals surface area contributed by atoms with Gasteiger partial charge in [0.05, 0.1) is 18.0 Å². The molecule has 0 aromatic carbocycles. The van der Waals surface area contributed by atoms with Gasteiger partial charge in [0, 0.05) is 6.54 Å². The van der Waals surface area contributed by atoms with E-state index in [0.29, 0.717) is 5.92 Å². The van der Waals surface area contributed by atoms with Gasteiger partial charge in [-0.05, 0) is 18.8 Å². The average Bonchev–Trinajstić information content (AvgIpc) is 2.67. The molecule has 1 fully saturated rings. The molecule has 1 unspecified atom stereocenters. The Morgan fingerprint density at radius 2 is 2.06 bits per heavy atom. The molecule has 0 radical (unpaired) electrons. The molecule has 1 saturated carbocycles. The Labute approximate surface area is 109 Å². The van der Waals surface area contributed by atoms with E-state index in [9.17, 15) is 5.11 Å². The number of hydrogen-bond donors (Lipinski definition) is 1. The van der Waals surface area contributed by atoms with E-state index in [-0.39, 0.29) is 0 Å². The van der Waals surface area contributed by atoms with Crippen molar-refractivity contribution in [1.82, 2.24) is 15.0 Å². The lowest BCUT2D eigenvalue weighted by Crippen LogP contribution is -2.12. The van der Waals surface area contributed by atoms with Crippen LogP contribution >= 0.6 is 0 Å². The quantitative estimate of drug-likeness (QED) is 0.818. The van der Waals surface area contributed by atoms with Crippen LogP contribution in [0.15, 0.2) is 6.20 Å². The van der Waals surface area contributed by atoms with Crippen LogP contribution in [0.3, 0.4) is 0 Å². The van der Waals surface area contributed by atoms with Gasteiger partial charge in [-0.2, -0.15) is 0 Å². The van der Waals surface area contributed by atoms with E-state index < -0.39 is 6.10 Å². The molecule has 2 rings (SSSR count). The fourth-order valence-electron chi connectivity index (χ4n) is 2.95. The third-order valence-electron chi connectivity index (χ3n) is 3.96. The molecule has 1 aromatic rings. The first-order valence-corrected chi connectivity index (χ1v) is 7.37. The monoisotopic (exact) mass is 251 g/mol. The van der Waals surface area contributed by atoms with Gasteiger partial charge in [-0.3, -0.25) is 0 Å². The number of aliphatic hydroxyl groups excluding tert-OH is 1. The molecular formula is C14H25N3O. The van der Waals surface area contributed by atoms with Gasteiger partial charge in [-0.15, -0.1) is 5.10 Å². The largest absolute Gasteiger partial charge is 0.387 e. The zero-order valence-electron chi connectivity index (χ0n) is 11.4. The van der Waals surface area contributed by atoms with Crippen molar-refractivity contribution in [3.63, 3.8) is 0 Å². The second kappa shape index (κ2) is 6.88. The first-order chi connectivity index (χ1) is 8.81. The summed E-state index contributed by atoms with van der Waals surface area (Å²) in [6, 6.07) is 0. The maximum absolute atomic E-state index is 10.4. The van der Waals surface area contributed by atoms with E-state index in [2.05, 4.69) is 17.2 Å². The standard InChI is InChI=1S/C14H25N3O/c1-2-9-17-13(11-15-16-17)14(18)10-12-7-5-3-4-6-8-12/h11-12,14,18H,2-10H2,1H3. The van der Waals surface area contributed by atoms with Crippen LogP contribution in [0.4, 0.5) is 0 Å². The Bertz CT molecular complexity index is 343. The topological polar surface area (TPSA) is 50.9 Å². The fraction of sp³-hybridized carbons (Fsp3) is 0.857. The SMILES string of the molecule is CCCn1nncc1C(O)CC1CCCCCC1. The van der Waals surface area contributed by atoms with Crippen LogP contribution in [-0.4, -0.2) is 20.1 Å². The highest BCUT2D eigenvalue weighted by Gasteiger charge is 2.20. The minimum Gasteiger partial charge on any atom is -0.387 e. The predicted octanol–water partition coefficient (Wildman–Crippen LogP) is 3.08. The fourth-order valence-corrected chi connectivity index (χ4v) is 2.95. The van der Waals surface area contributed by atoms with Crippen LogP contribution < -0.4 is 0 Å². The molecule has 4 heteroatoms. The summed E-state index contributed by atoms with van der Waals surface area (Å²) in [5.74, 6) is 0.674. The molecular weight excluding hydrogens is 226 g/mol. The van der Waals surface area contributed by atoms with Gasteiger partial charge in [-0.1, -0.05) is 50.7 Å². The molecule has 1 atom stereocenters. The lowest BCUT2D eigenvalue weighted by atomic mass is 9.93. The van der Waals surface area contributed by atoms with Crippen molar-refractivity contribution in [2.24, 2.45) is 5.92 Å². The Balaban J connectivity index is 1.93. The summed E-state index contributed by atoms with van der Waals surface area (Å²) in [6.45, 7) is 2.96. The normalized spacial score (nSPS) is 19.7. The summed E-state index contributed by atoms with van der Waals surface area (Å²) in [5, 5.41) is 18.3. The van der Waals surface area contributed by atoms with Crippen molar-refractivity contribution >= 4 is 0 Å². The molecule has 1 heterocycles. The smallest absolute Gasteiger partial charge is 0.0975 e. The van der Waals surface area contributed by atoms with Crippen LogP contribution in [0.5, 0.6) is 0 Å². The maximum atomic E-state index is 10.4. The summed E-state index contributed by atoms with van der Waals surface area (Å²) >= 11 is 0. The Morgan fingerprint density at radius 3 is 2.72 bits per heavy atom. The van der Waals surface area contributed by atoms with Gasteiger partial charge in [0.25, 0.3) is 0 Å². The zero-order valence-corrected chi connectivity index (χ0v) is 11.4. The second-order valence-corrected chi connectivity index (χ2v) is 5.49. The molecule has 1 aliphatic rings. The van der Waals surface area contributed by atoms with Crippen LogP contribution in [0.25, 0.3) is 0 Å². The second-order valence-electron chi connectivity index (χ2n) is 5.49. The molecule has 4 nitrogen and oxygen atoms in total. The third kappa shape index (κ3) is 3.55. The van der Waals surface area contributed by atoms with Crippen LogP contribution in [0.2, 0.25) is 0 Å². The number of rotatable bonds is 5. The van der Waals surface area contributed by atoms with Crippen molar-refractivity contribution in [3.05, 3.63) is 11.9 Å². The summed E-state index contributed by atoms with van der Waals surface area (Å²) in [6.07, 6.45) is 11.1. The van der Waals surface area contributed by atoms with Gasteiger partial charge in [0.2, 0.25) is 0 Å². The molecule has 1 N–H and O–H groups in total. The average molecular weight is 251 g/mol. The molecule has 102 valence electrons. The van der Waals surface area contributed by atoms with E-state index in [4.69, 9.17) is 0 Å². The van der Waals surface area contributed by atoms with Gasteiger partial charge in [0.1, 0.15) is 0 Å². The lowest BCUT2D eigenvalue weighted by molar-refractivity contribution is 0.129. The Hall–Kier alpha value is -0.900. The van der Waals surface area contributed by atoms with Crippen molar-refractivity contribution < 1.29 is 5.11 Å². The number of aryl methyl sites for hydroxylation is 1. The molecule has 1 aromatic heterocycles. The first kappa shape index (κ1) is 13.5. The van der Waals surface area contributed by atoms with Crippen molar-refractivity contribution in [3.8, 4) is 0 Å². The molecule has 1 aliphatic carbocycles. The highest BCUT2D eigenvalue weighted by Crippen LogP contribution is 2.30. The number of aliphatic hydroxyl groups is 1. The van der Waals surface area contributed by atoms with Crippen LogP contribution in [0.1, 0.15) is 70.1 Å². The first-order valence-electron chi connectivity index (χ1n) is 7.37. The maximum Gasteiger partial charge on any atom is 0.0975 e. The summed E-state index contributed by atoms with van der Waals surface area (Å²) < 4.78 is 1.85. The highest BCUT2D eigenvalue weighted by atomic mass is 16.3. The predicted molar refractivity (Wildman–Crippen MR) is 71.1 cm³/mol. The third-order valence-corrected chi connectivity index (χ3v) is 3.96. The molecule has 0 bridgehead atoms. The highest BCUT2D eigenvalue weighted by molar-refractivity contribution is 4.99. The lowest BCUT2D eigenvalue weighted by Gasteiger charge is -2.18. The summed E-state index contributed by atoms with van der Waals surface area (Å²) in [7, 11) is 0. The molecule has 18 heavy (non-hydrogen) atoms. The minimum atomic E-state index is -0.394. The van der Waals surface area contributed by atoms with Gasteiger partial charge >= 0.3 is 0 Å². The van der Waals surface area contributed by atoms with Crippen LogP contribution in [0, 0.1) is 5.92 Å². The molecule has 0 saturated heterocycles. The van der Waals surface area contributed by atoms with Gasteiger partial charge in [-0.25, -0.2) is 4.68 Å². The number of aromatic nitrogens is 3. The summed E-state index contributed by atoms with van der Waals surface area (Å²) in [5.41, 5.74) is 0.890. The molecule has 0 spiro atoms. The molecule has 0 amide bonds. The van der Waals surface area contributed by atoms with Crippen molar-refractivity contribution in [2.75, 3.05) is 0 Å². The van der Waals surface area contributed by atoms with Crippen LogP contribution in [-0.2, 0) is 6.54 Å². The van der Waals surface area contributed by atoms with Crippen molar-refractivity contribution in [2.45, 2.75) is 70.9 Å². The minimum absolute atomic E-state index is 0.394. The Morgan fingerprint density at radius 1 is 1.33 bits per heavy atom. The van der Waals surface area contributed by atoms with E-state index >= 15 is 0 Å². The zero-order chi connectivity index (χ0) is 12.8. The number of nitrogens with zero attached hydrogens (tertiary/aromatic N) is 3. The van der Waals surface area contributed by atoms with Gasteiger partial charge in [0.15, 0.2) is 0 Å².